The van der Waals surface area contributed by atoms with Crippen LogP contribution in [0.4, 0.5) is 4.79 Å². The molecule has 0 spiro atoms. The maximum absolute atomic E-state index is 12.5. The summed E-state index contributed by atoms with van der Waals surface area (Å²) in [6.45, 7) is 7.11. The lowest BCUT2D eigenvalue weighted by molar-refractivity contribution is 0.0856. The summed E-state index contributed by atoms with van der Waals surface area (Å²) in [5, 5.41) is 5.80. The average molecular weight is 376 g/mol. The van der Waals surface area contributed by atoms with Gasteiger partial charge in [0.15, 0.2) is 0 Å². The predicted molar refractivity (Wildman–Crippen MR) is 101 cm³/mol. The number of piperidine rings is 1. The molecule has 27 heavy (non-hydrogen) atoms. The SMILES string of the molecule is CCOC(=O)N1CCC(NC(=O)c2cc(C(=O)NC(C)CC)ccn2)CC1. The molecule has 2 N–H and O–H groups in total. The van der Waals surface area contributed by atoms with Gasteiger partial charge in [-0.25, -0.2) is 4.79 Å². The third-order valence-electron chi connectivity index (χ3n) is 4.60. The van der Waals surface area contributed by atoms with Gasteiger partial charge >= 0.3 is 6.09 Å². The first-order valence-electron chi connectivity index (χ1n) is 9.44. The number of hydrogen-bond acceptors (Lipinski definition) is 5. The number of ether oxygens (including phenoxy) is 1. The second-order valence-corrected chi connectivity index (χ2v) is 6.65. The number of hydrogen-bond donors (Lipinski definition) is 2. The number of nitrogens with zero attached hydrogens (tertiary/aromatic N) is 2. The zero-order chi connectivity index (χ0) is 19.8. The number of carbonyl (C=O) groups excluding carboxylic acids is 3. The summed E-state index contributed by atoms with van der Waals surface area (Å²) in [6, 6.07) is 3.11. The Morgan fingerprint density at radius 1 is 1.26 bits per heavy atom. The van der Waals surface area contributed by atoms with E-state index in [4.69, 9.17) is 4.74 Å². The minimum Gasteiger partial charge on any atom is -0.450 e. The highest BCUT2D eigenvalue weighted by Gasteiger charge is 2.25. The molecule has 0 bridgehead atoms. The van der Waals surface area contributed by atoms with Gasteiger partial charge in [0.2, 0.25) is 0 Å². The van der Waals surface area contributed by atoms with Crippen LogP contribution in [0.1, 0.15) is 60.9 Å². The molecule has 1 aliphatic rings. The maximum atomic E-state index is 12.5. The molecule has 8 heteroatoms. The van der Waals surface area contributed by atoms with E-state index < -0.39 is 0 Å². The van der Waals surface area contributed by atoms with E-state index in [0.717, 1.165) is 6.42 Å². The van der Waals surface area contributed by atoms with Gasteiger partial charge in [0, 0.05) is 36.9 Å². The molecule has 8 nitrogen and oxygen atoms in total. The van der Waals surface area contributed by atoms with Crippen molar-refractivity contribution in [3.63, 3.8) is 0 Å². The molecule has 0 aliphatic carbocycles. The molecule has 3 amide bonds. The van der Waals surface area contributed by atoms with E-state index in [-0.39, 0.29) is 35.7 Å². The number of amides is 3. The number of carbonyl (C=O) groups is 3. The Bertz CT molecular complexity index is 671. The highest BCUT2D eigenvalue weighted by Crippen LogP contribution is 2.12. The summed E-state index contributed by atoms with van der Waals surface area (Å²) >= 11 is 0. The number of nitrogens with one attached hydrogen (secondary N) is 2. The summed E-state index contributed by atoms with van der Waals surface area (Å²) in [4.78, 5) is 42.1. The highest BCUT2D eigenvalue weighted by atomic mass is 16.6. The maximum Gasteiger partial charge on any atom is 0.409 e. The van der Waals surface area contributed by atoms with Crippen molar-refractivity contribution in [1.82, 2.24) is 20.5 Å². The van der Waals surface area contributed by atoms with Gasteiger partial charge in [-0.3, -0.25) is 14.6 Å². The molecule has 2 heterocycles. The van der Waals surface area contributed by atoms with Crippen LogP contribution in [0.25, 0.3) is 0 Å². The molecule has 1 fully saturated rings. The van der Waals surface area contributed by atoms with Gasteiger partial charge < -0.3 is 20.3 Å². The fourth-order valence-electron chi connectivity index (χ4n) is 2.79. The first-order chi connectivity index (χ1) is 12.9. The summed E-state index contributed by atoms with van der Waals surface area (Å²) < 4.78 is 4.99. The Hall–Kier alpha value is -2.64. The van der Waals surface area contributed by atoms with Crippen molar-refractivity contribution in [2.75, 3.05) is 19.7 Å². The third kappa shape index (κ3) is 5.94. The minimum atomic E-state index is -0.317. The van der Waals surface area contributed by atoms with E-state index in [0.29, 0.717) is 38.1 Å². The van der Waals surface area contributed by atoms with Crippen LogP contribution < -0.4 is 10.6 Å². The molecular formula is C19H28N4O4. The summed E-state index contributed by atoms with van der Waals surface area (Å²) in [5.41, 5.74) is 0.618. The largest absolute Gasteiger partial charge is 0.450 e. The lowest BCUT2D eigenvalue weighted by Gasteiger charge is -2.31. The zero-order valence-electron chi connectivity index (χ0n) is 16.2. The van der Waals surface area contributed by atoms with E-state index in [2.05, 4.69) is 15.6 Å². The smallest absolute Gasteiger partial charge is 0.409 e. The summed E-state index contributed by atoms with van der Waals surface area (Å²) in [7, 11) is 0. The molecule has 2 rings (SSSR count). The third-order valence-corrected chi connectivity index (χ3v) is 4.60. The monoisotopic (exact) mass is 376 g/mol. The molecule has 1 aromatic rings. The van der Waals surface area contributed by atoms with Crippen molar-refractivity contribution < 1.29 is 19.1 Å². The van der Waals surface area contributed by atoms with E-state index in [1.54, 1.807) is 17.9 Å². The Kier molecular flexibility index (Phi) is 7.57. The summed E-state index contributed by atoms with van der Waals surface area (Å²) in [5.74, 6) is -0.536. The van der Waals surface area contributed by atoms with Crippen molar-refractivity contribution in [1.29, 1.82) is 0 Å². The second kappa shape index (κ2) is 9.89. The number of aromatic nitrogens is 1. The number of pyridine rings is 1. The molecule has 1 atom stereocenters. The van der Waals surface area contributed by atoms with Gasteiger partial charge in [-0.05, 0) is 45.2 Å². The minimum absolute atomic E-state index is 0.0393. The molecule has 1 saturated heterocycles. The van der Waals surface area contributed by atoms with Crippen LogP contribution in [0.3, 0.4) is 0 Å². The van der Waals surface area contributed by atoms with E-state index >= 15 is 0 Å². The van der Waals surface area contributed by atoms with Crippen LogP contribution in [-0.4, -0.2) is 59.6 Å². The van der Waals surface area contributed by atoms with Crippen molar-refractivity contribution in [3.8, 4) is 0 Å². The molecule has 148 valence electrons. The van der Waals surface area contributed by atoms with E-state index in [1.165, 1.54) is 12.3 Å². The Morgan fingerprint density at radius 3 is 2.59 bits per heavy atom. The Morgan fingerprint density at radius 2 is 1.96 bits per heavy atom. The average Bonchev–Trinajstić information content (AvgIpc) is 2.68. The fraction of sp³-hybridized carbons (Fsp3) is 0.579. The van der Waals surface area contributed by atoms with Crippen molar-refractivity contribution in [2.24, 2.45) is 0 Å². The van der Waals surface area contributed by atoms with E-state index in [9.17, 15) is 14.4 Å². The molecular weight excluding hydrogens is 348 g/mol. The lowest BCUT2D eigenvalue weighted by atomic mass is 10.1. The van der Waals surface area contributed by atoms with Crippen molar-refractivity contribution >= 4 is 17.9 Å². The molecule has 0 saturated carbocycles. The molecule has 1 aliphatic heterocycles. The topological polar surface area (TPSA) is 101 Å². The van der Waals surface area contributed by atoms with Gasteiger partial charge in [-0.15, -0.1) is 0 Å². The number of rotatable bonds is 6. The van der Waals surface area contributed by atoms with Crippen LogP contribution in [0, 0.1) is 0 Å². The lowest BCUT2D eigenvalue weighted by Crippen LogP contribution is -2.46. The Labute approximate surface area is 159 Å². The second-order valence-electron chi connectivity index (χ2n) is 6.65. The van der Waals surface area contributed by atoms with Gasteiger partial charge in [-0.1, -0.05) is 6.92 Å². The molecule has 1 aromatic heterocycles. The van der Waals surface area contributed by atoms with Gasteiger partial charge in [0.05, 0.1) is 6.61 Å². The van der Waals surface area contributed by atoms with Crippen LogP contribution >= 0.6 is 0 Å². The Balaban J connectivity index is 1.90. The van der Waals surface area contributed by atoms with Crippen LogP contribution in [0.5, 0.6) is 0 Å². The zero-order valence-corrected chi connectivity index (χ0v) is 16.2. The quantitative estimate of drug-likeness (QED) is 0.790. The van der Waals surface area contributed by atoms with Crippen LogP contribution in [-0.2, 0) is 4.74 Å². The molecule has 1 unspecified atom stereocenters. The number of likely N-dealkylation sites (tertiary alicyclic amines) is 1. The normalized spacial score (nSPS) is 15.7. The standard InChI is InChI=1S/C19H28N4O4/c1-4-13(3)21-17(24)14-6-9-20-16(12-14)18(25)22-15-7-10-23(11-8-15)19(26)27-5-2/h6,9,12-13,15H,4-5,7-8,10-11H2,1-3H3,(H,21,24)(H,22,25). The first-order valence-corrected chi connectivity index (χ1v) is 9.44. The van der Waals surface area contributed by atoms with Gasteiger partial charge in [0.1, 0.15) is 5.69 Å². The van der Waals surface area contributed by atoms with Crippen LogP contribution in [0.15, 0.2) is 18.3 Å². The molecule has 0 aromatic carbocycles. The van der Waals surface area contributed by atoms with Crippen LogP contribution in [0.2, 0.25) is 0 Å². The fourth-order valence-corrected chi connectivity index (χ4v) is 2.79. The highest BCUT2D eigenvalue weighted by molar-refractivity contribution is 5.98. The first kappa shape index (κ1) is 20.7. The predicted octanol–water partition coefficient (Wildman–Crippen LogP) is 1.96. The summed E-state index contributed by atoms with van der Waals surface area (Å²) in [6.07, 6.45) is 3.28. The van der Waals surface area contributed by atoms with E-state index in [1.807, 2.05) is 13.8 Å². The van der Waals surface area contributed by atoms with Crippen molar-refractivity contribution in [2.45, 2.75) is 52.1 Å². The molecule has 0 radical (unpaired) electrons. The van der Waals surface area contributed by atoms with Gasteiger partial charge in [-0.2, -0.15) is 0 Å². The van der Waals surface area contributed by atoms with Crippen molar-refractivity contribution in [3.05, 3.63) is 29.6 Å². The van der Waals surface area contributed by atoms with Gasteiger partial charge in [0.25, 0.3) is 11.8 Å².